The molecule has 5 heteroatoms. The normalized spacial score (nSPS) is 12.6. The molecule has 1 N–H and O–H groups in total. The summed E-state index contributed by atoms with van der Waals surface area (Å²) in [7, 11) is 0. The molecule has 3 aromatic heterocycles. The molecule has 0 atom stereocenters. The van der Waals surface area contributed by atoms with E-state index in [9.17, 15) is 5.11 Å². The lowest BCUT2D eigenvalue weighted by Gasteiger charge is -2.23. The van der Waals surface area contributed by atoms with E-state index < -0.39 is 6.88 Å². The summed E-state index contributed by atoms with van der Waals surface area (Å²) in [5, 5.41) is 14.6. The van der Waals surface area contributed by atoms with Gasteiger partial charge < -0.3 is 9.67 Å². The first-order chi connectivity index (χ1) is 33.7. The van der Waals surface area contributed by atoms with E-state index in [1.807, 2.05) is 60.8 Å². The molecule has 0 spiro atoms. The quantitative estimate of drug-likeness (QED) is 0.173. The minimum atomic E-state index is -1.03. The molecule has 0 amide bonds. The van der Waals surface area contributed by atoms with E-state index in [2.05, 4.69) is 184 Å². The van der Waals surface area contributed by atoms with E-state index in [4.69, 9.17) is 12.7 Å². The zero-order valence-electron chi connectivity index (χ0n) is 41.3. The Hall–Kier alpha value is -8.02. The van der Waals surface area contributed by atoms with E-state index in [1.165, 1.54) is 5.56 Å². The number of phenols is 1. The predicted octanol–water partition coefficient (Wildman–Crippen LogP) is 16.5. The van der Waals surface area contributed by atoms with E-state index in [-0.39, 0.29) is 16.6 Å². The Bertz CT molecular complexity index is 3760. The average Bonchev–Trinajstić information content (AvgIpc) is 3.91. The molecule has 0 radical (unpaired) electrons. The average molecular weight is 885 g/mol. The van der Waals surface area contributed by atoms with Crippen LogP contribution in [0.25, 0.3) is 100 Å². The van der Waals surface area contributed by atoms with Gasteiger partial charge in [0.1, 0.15) is 11.6 Å². The monoisotopic (exact) mass is 884 g/mol. The van der Waals surface area contributed by atoms with Gasteiger partial charge in [0.25, 0.3) is 0 Å². The Morgan fingerprint density at radius 2 is 1.18 bits per heavy atom. The second kappa shape index (κ2) is 16.4. The number of hydrogen-bond acceptors (Lipinski definition) is 3. The van der Waals surface area contributed by atoms with Crippen LogP contribution in [0.4, 0.5) is 0 Å². The van der Waals surface area contributed by atoms with Gasteiger partial charge in [0.15, 0.2) is 0 Å². The number of fused-ring (bicyclic) bond motifs is 4. The minimum Gasteiger partial charge on any atom is -0.507 e. The van der Waals surface area contributed by atoms with Crippen LogP contribution in [0, 0.1) is 6.88 Å². The second-order valence-electron chi connectivity index (χ2n) is 20.0. The van der Waals surface area contributed by atoms with Crippen molar-refractivity contribution in [1.29, 1.82) is 0 Å². The molecule has 0 aliphatic carbocycles. The number of aromatic hydroxyl groups is 1. The summed E-state index contributed by atoms with van der Waals surface area (Å²) in [6, 6.07) is 65.1. The molecular formula is C63H54N4O. The molecule has 0 saturated heterocycles. The first kappa shape index (κ1) is 40.3. The van der Waals surface area contributed by atoms with Gasteiger partial charge >= 0.3 is 0 Å². The molecule has 11 rings (SSSR count). The van der Waals surface area contributed by atoms with Crippen molar-refractivity contribution < 1.29 is 7.85 Å². The van der Waals surface area contributed by atoms with Gasteiger partial charge in [-0.1, -0.05) is 162 Å². The highest BCUT2D eigenvalue weighted by molar-refractivity contribution is 6.11. The van der Waals surface area contributed by atoms with Crippen LogP contribution in [-0.4, -0.2) is 24.2 Å². The maximum atomic E-state index is 12.5. The summed E-state index contributed by atoms with van der Waals surface area (Å²) in [6.45, 7) is 12.4. The zero-order chi connectivity index (χ0) is 48.5. The lowest BCUT2D eigenvalue weighted by molar-refractivity contribution is 0.477. The standard InChI is InChI=1S/C63H54N4O/c1-40-25-27-41(28-26-40)43-31-32-64-54(36-43)45-33-44(34-47(35-45)63(5,6)7)49-22-16-24-57-60(49)65-61(67(57)56-30-29-46(62(2,3)4)37-51(56)42-17-10-8-11-18-42)53-38-52-50-21-14-15-23-55(50)66(58(52)39-59(53)68)48-19-12-9-13-20-48/h8-39,68H,1-7H3/i1D2. The van der Waals surface area contributed by atoms with Gasteiger partial charge in [-0.15, -0.1) is 0 Å². The van der Waals surface area contributed by atoms with Crippen LogP contribution in [0.15, 0.2) is 194 Å². The van der Waals surface area contributed by atoms with Crippen LogP contribution in [0.2, 0.25) is 0 Å². The fraction of sp³-hybridized carbons (Fsp3) is 0.143. The molecule has 0 fully saturated rings. The molecule has 332 valence electrons. The SMILES string of the molecule is [2H]C([2H])c1ccc(-c2ccnc(-c3cc(-c4cccc5c4nc(-c4cc6c7ccccc7n(-c7ccccc7)c6cc4O)n5-c4ccc(C(C)(C)C)cc4-c4ccccc4)cc(C(C)(C)C)c3)c2)cc1. The predicted molar refractivity (Wildman–Crippen MR) is 284 cm³/mol. The van der Waals surface area contributed by atoms with Crippen molar-refractivity contribution in [2.45, 2.75) is 59.2 Å². The number of aryl methyl sites for hydroxylation is 1. The third kappa shape index (κ3) is 7.54. The molecular weight excluding hydrogens is 829 g/mol. The van der Waals surface area contributed by atoms with Crippen molar-refractivity contribution in [1.82, 2.24) is 19.1 Å². The Morgan fingerprint density at radius 1 is 0.471 bits per heavy atom. The number of phenolic OH excluding ortho intramolecular Hbond substituents is 1. The van der Waals surface area contributed by atoms with Crippen molar-refractivity contribution in [2.24, 2.45) is 0 Å². The van der Waals surface area contributed by atoms with Gasteiger partial charge in [-0.3, -0.25) is 9.55 Å². The number of imidazole rings is 1. The van der Waals surface area contributed by atoms with Gasteiger partial charge in [0.2, 0.25) is 0 Å². The zero-order valence-corrected chi connectivity index (χ0v) is 39.3. The van der Waals surface area contributed by atoms with Crippen LogP contribution in [0.1, 0.15) is 61.0 Å². The molecule has 11 aromatic rings. The smallest absolute Gasteiger partial charge is 0.149 e. The number of rotatable bonds is 7. The Balaban J connectivity index is 1.18. The van der Waals surface area contributed by atoms with Gasteiger partial charge in [-0.2, -0.15) is 0 Å². The largest absolute Gasteiger partial charge is 0.507 e. The summed E-state index contributed by atoms with van der Waals surface area (Å²) < 4.78 is 20.2. The lowest BCUT2D eigenvalue weighted by atomic mass is 9.83. The summed E-state index contributed by atoms with van der Waals surface area (Å²) >= 11 is 0. The summed E-state index contributed by atoms with van der Waals surface area (Å²) in [5.74, 6) is 0.767. The van der Waals surface area contributed by atoms with Crippen LogP contribution in [-0.2, 0) is 10.8 Å². The number of hydrogen-bond donors (Lipinski definition) is 1. The third-order valence-corrected chi connectivity index (χ3v) is 13.3. The molecule has 0 bridgehead atoms. The number of nitrogens with zero attached hydrogens (tertiary/aromatic N) is 4. The van der Waals surface area contributed by atoms with Crippen LogP contribution < -0.4 is 0 Å². The van der Waals surface area contributed by atoms with Crippen molar-refractivity contribution in [3.63, 3.8) is 0 Å². The highest BCUT2D eigenvalue weighted by Crippen LogP contribution is 2.45. The van der Waals surface area contributed by atoms with E-state index in [0.29, 0.717) is 17.0 Å². The van der Waals surface area contributed by atoms with E-state index in [0.717, 1.165) is 94.4 Å². The number of benzene rings is 8. The van der Waals surface area contributed by atoms with Gasteiger partial charge in [0.05, 0.1) is 39.0 Å². The maximum Gasteiger partial charge on any atom is 0.149 e. The highest BCUT2D eigenvalue weighted by atomic mass is 16.3. The van der Waals surface area contributed by atoms with Crippen molar-refractivity contribution in [3.8, 4) is 73.2 Å². The highest BCUT2D eigenvalue weighted by Gasteiger charge is 2.26. The third-order valence-electron chi connectivity index (χ3n) is 13.3. The molecule has 0 aliphatic heterocycles. The molecule has 0 saturated carbocycles. The minimum absolute atomic E-state index is 0.103. The molecule has 3 heterocycles. The Labute approximate surface area is 401 Å². The first-order valence-electron chi connectivity index (χ1n) is 24.5. The first-order valence-corrected chi connectivity index (χ1v) is 23.3. The van der Waals surface area contributed by atoms with Crippen molar-refractivity contribution in [3.05, 3.63) is 211 Å². The molecule has 0 aliphatic rings. The van der Waals surface area contributed by atoms with Gasteiger partial charge in [-0.05, 0) is 118 Å². The fourth-order valence-electron chi connectivity index (χ4n) is 9.65. The van der Waals surface area contributed by atoms with Crippen LogP contribution in [0.3, 0.4) is 0 Å². The lowest BCUT2D eigenvalue weighted by Crippen LogP contribution is -2.12. The maximum absolute atomic E-state index is 12.5. The number of aromatic nitrogens is 4. The molecule has 0 unspecified atom stereocenters. The topological polar surface area (TPSA) is 55.9 Å². The summed E-state index contributed by atoms with van der Waals surface area (Å²) in [5.41, 5.74) is 17.0. The molecule has 8 aromatic carbocycles. The Kier molecular flexibility index (Phi) is 9.71. The number of para-hydroxylation sites is 3. The Morgan fingerprint density at radius 3 is 1.93 bits per heavy atom. The molecule has 68 heavy (non-hydrogen) atoms. The molecule has 5 nitrogen and oxygen atoms in total. The van der Waals surface area contributed by atoms with E-state index in [1.54, 1.807) is 0 Å². The summed E-state index contributed by atoms with van der Waals surface area (Å²) in [6.07, 6.45) is 1.85. The van der Waals surface area contributed by atoms with Crippen LogP contribution in [0.5, 0.6) is 5.75 Å². The second-order valence-corrected chi connectivity index (χ2v) is 20.0. The van der Waals surface area contributed by atoms with Crippen molar-refractivity contribution in [2.75, 3.05) is 0 Å². The number of pyridine rings is 1. The van der Waals surface area contributed by atoms with Gasteiger partial charge in [0, 0.05) is 48.2 Å². The van der Waals surface area contributed by atoms with Crippen LogP contribution >= 0.6 is 0 Å². The van der Waals surface area contributed by atoms with Gasteiger partial charge in [-0.25, -0.2) is 4.98 Å². The van der Waals surface area contributed by atoms with Crippen molar-refractivity contribution >= 4 is 32.8 Å². The summed E-state index contributed by atoms with van der Waals surface area (Å²) in [4.78, 5) is 10.6. The fourth-order valence-corrected chi connectivity index (χ4v) is 9.65. The van der Waals surface area contributed by atoms with E-state index >= 15 is 0 Å².